The molecule has 0 aliphatic rings. The summed E-state index contributed by atoms with van der Waals surface area (Å²) in [6.45, 7) is 3.90. The number of benzene rings is 1. The van der Waals surface area contributed by atoms with Gasteiger partial charge in [0.1, 0.15) is 0 Å². The fraction of sp³-hybridized carbons (Fsp3) is 0.533. The zero-order valence-corrected chi connectivity index (χ0v) is 12.9. The van der Waals surface area contributed by atoms with Crippen LogP contribution in [0.5, 0.6) is 0 Å². The molecule has 1 aromatic carbocycles. The van der Waals surface area contributed by atoms with Crippen LogP contribution in [0.15, 0.2) is 30.3 Å². The second-order valence-electron chi connectivity index (χ2n) is 4.98. The molecule has 112 valence electrons. The quantitative estimate of drug-likeness (QED) is 0.786. The molecule has 0 spiro atoms. The van der Waals surface area contributed by atoms with Crippen molar-refractivity contribution in [3.05, 3.63) is 35.9 Å². The zero-order valence-electron chi connectivity index (χ0n) is 12.1. The fourth-order valence-corrected chi connectivity index (χ4v) is 3.01. The molecule has 4 nitrogen and oxygen atoms in total. The monoisotopic (exact) mass is 297 g/mol. The van der Waals surface area contributed by atoms with Crippen LogP contribution >= 0.6 is 0 Å². The predicted molar refractivity (Wildman–Crippen MR) is 81.2 cm³/mol. The van der Waals surface area contributed by atoms with Gasteiger partial charge in [-0.25, -0.2) is 8.42 Å². The van der Waals surface area contributed by atoms with Gasteiger partial charge in [-0.2, -0.15) is 0 Å². The minimum Gasteiger partial charge on any atom is -0.339 e. The molecule has 0 saturated carbocycles. The van der Waals surface area contributed by atoms with Crippen LogP contribution in [0.1, 0.15) is 45.1 Å². The molecule has 0 bridgehead atoms. The molecule has 1 unspecified atom stereocenters. The first-order chi connectivity index (χ1) is 9.48. The Morgan fingerprint density at radius 2 is 1.85 bits per heavy atom. The Bertz CT molecular complexity index is 511. The number of rotatable bonds is 7. The van der Waals surface area contributed by atoms with E-state index in [1.807, 2.05) is 30.3 Å². The van der Waals surface area contributed by atoms with Gasteiger partial charge >= 0.3 is 5.24 Å². The second kappa shape index (κ2) is 8.04. The molecule has 0 saturated heterocycles. The number of nitrogens with one attached hydrogen (secondary N) is 1. The molecule has 0 aliphatic heterocycles. The highest BCUT2D eigenvalue weighted by molar-refractivity contribution is 8.06. The van der Waals surface area contributed by atoms with E-state index in [2.05, 4.69) is 12.2 Å². The minimum absolute atomic E-state index is 0.237. The maximum atomic E-state index is 12.0. The van der Waals surface area contributed by atoms with E-state index in [0.29, 0.717) is 6.42 Å². The largest absolute Gasteiger partial charge is 0.339 e. The van der Waals surface area contributed by atoms with Crippen LogP contribution in [0, 0.1) is 0 Å². The Morgan fingerprint density at radius 3 is 2.45 bits per heavy atom. The van der Waals surface area contributed by atoms with Gasteiger partial charge in [-0.1, -0.05) is 56.5 Å². The molecule has 0 aromatic heterocycles. The van der Waals surface area contributed by atoms with Crippen molar-refractivity contribution in [2.75, 3.05) is 0 Å². The number of unbranched alkanes of at least 4 members (excludes halogenated alkanes) is 2. The Hall–Kier alpha value is -1.36. The van der Waals surface area contributed by atoms with E-state index in [9.17, 15) is 13.2 Å². The number of sulfone groups is 1. The highest BCUT2D eigenvalue weighted by Crippen LogP contribution is 2.12. The molecule has 1 aromatic rings. The summed E-state index contributed by atoms with van der Waals surface area (Å²) in [5.74, 6) is 0. The Balaban J connectivity index is 2.52. The molecule has 5 heteroatoms. The smallest absolute Gasteiger partial charge is 0.336 e. The Kier molecular flexibility index (Phi) is 6.71. The van der Waals surface area contributed by atoms with Crippen molar-refractivity contribution < 1.29 is 13.2 Å². The standard InChI is InChI=1S/C15H23NO3S/c1-3-4-6-9-13(2)20(18,19)15(17)16-12-14-10-7-5-8-11-14/h5,7-8,10-11,13H,3-4,6,9,12H2,1-2H3,(H,16,17). The van der Waals surface area contributed by atoms with Gasteiger partial charge in [0, 0.05) is 6.54 Å². The molecule has 0 fully saturated rings. The van der Waals surface area contributed by atoms with Crippen molar-refractivity contribution in [3.8, 4) is 0 Å². The second-order valence-corrected chi connectivity index (χ2v) is 7.24. The van der Waals surface area contributed by atoms with Gasteiger partial charge in [0.15, 0.2) is 0 Å². The first-order valence-electron chi connectivity index (χ1n) is 7.04. The van der Waals surface area contributed by atoms with Crippen LogP contribution in [0.2, 0.25) is 0 Å². The van der Waals surface area contributed by atoms with Crippen molar-refractivity contribution in [1.29, 1.82) is 0 Å². The van der Waals surface area contributed by atoms with Crippen molar-refractivity contribution in [3.63, 3.8) is 0 Å². The predicted octanol–water partition coefficient (Wildman–Crippen LogP) is 3.28. The van der Waals surface area contributed by atoms with Crippen LogP contribution in [0.3, 0.4) is 0 Å². The fourth-order valence-electron chi connectivity index (χ4n) is 1.89. The lowest BCUT2D eigenvalue weighted by Crippen LogP contribution is -2.35. The summed E-state index contributed by atoms with van der Waals surface area (Å²) in [6.07, 6.45) is 3.40. The van der Waals surface area contributed by atoms with Crippen molar-refractivity contribution in [1.82, 2.24) is 5.32 Å². The first kappa shape index (κ1) is 16.7. The summed E-state index contributed by atoms with van der Waals surface area (Å²) in [5, 5.41) is 0.993. The lowest BCUT2D eigenvalue weighted by atomic mass is 10.2. The lowest BCUT2D eigenvalue weighted by molar-refractivity contribution is 0.258. The molecule has 1 atom stereocenters. The van der Waals surface area contributed by atoms with Gasteiger partial charge in [0.2, 0.25) is 9.84 Å². The maximum Gasteiger partial charge on any atom is 0.336 e. The highest BCUT2D eigenvalue weighted by atomic mass is 32.2. The third-order valence-corrected chi connectivity index (χ3v) is 5.24. The van der Waals surface area contributed by atoms with E-state index < -0.39 is 20.3 Å². The van der Waals surface area contributed by atoms with Crippen LogP contribution in [-0.4, -0.2) is 18.9 Å². The van der Waals surface area contributed by atoms with Gasteiger partial charge in [0.05, 0.1) is 5.25 Å². The summed E-state index contributed by atoms with van der Waals surface area (Å²) in [4.78, 5) is 11.8. The SMILES string of the molecule is CCCCCC(C)S(=O)(=O)C(=O)NCc1ccccc1. The number of hydrogen-bond donors (Lipinski definition) is 1. The third kappa shape index (κ3) is 4.96. The van der Waals surface area contributed by atoms with Crippen LogP contribution in [0.4, 0.5) is 4.79 Å². The maximum absolute atomic E-state index is 12.0. The number of carbonyl (C=O) groups excluding carboxylic acids is 1. The van der Waals surface area contributed by atoms with Gasteiger partial charge in [-0.05, 0) is 18.9 Å². The van der Waals surface area contributed by atoms with E-state index in [1.54, 1.807) is 6.92 Å². The van der Waals surface area contributed by atoms with E-state index in [4.69, 9.17) is 0 Å². The summed E-state index contributed by atoms with van der Waals surface area (Å²) in [6, 6.07) is 9.26. The molecule has 0 radical (unpaired) electrons. The normalized spacial score (nSPS) is 12.9. The molecule has 1 N–H and O–H groups in total. The molecule has 1 rings (SSSR count). The Morgan fingerprint density at radius 1 is 1.20 bits per heavy atom. The first-order valence-corrected chi connectivity index (χ1v) is 8.58. The summed E-state index contributed by atoms with van der Waals surface area (Å²) in [7, 11) is -3.74. The summed E-state index contributed by atoms with van der Waals surface area (Å²) in [5.41, 5.74) is 0.884. The molecular formula is C15H23NO3S. The van der Waals surface area contributed by atoms with Crippen LogP contribution in [0.25, 0.3) is 0 Å². The van der Waals surface area contributed by atoms with E-state index >= 15 is 0 Å². The van der Waals surface area contributed by atoms with Crippen LogP contribution in [-0.2, 0) is 16.4 Å². The molecule has 20 heavy (non-hydrogen) atoms. The van der Waals surface area contributed by atoms with E-state index in [0.717, 1.165) is 24.8 Å². The van der Waals surface area contributed by atoms with Gasteiger partial charge in [-0.15, -0.1) is 0 Å². The Labute approximate surface area is 121 Å². The van der Waals surface area contributed by atoms with Gasteiger partial charge in [-0.3, -0.25) is 4.79 Å². The van der Waals surface area contributed by atoms with Crippen molar-refractivity contribution in [2.45, 2.75) is 51.3 Å². The molecule has 1 amide bonds. The molecular weight excluding hydrogens is 274 g/mol. The number of carbonyl (C=O) groups is 1. The van der Waals surface area contributed by atoms with E-state index in [1.165, 1.54) is 0 Å². The number of amides is 1. The van der Waals surface area contributed by atoms with Gasteiger partial charge in [0.25, 0.3) is 0 Å². The number of hydrogen-bond acceptors (Lipinski definition) is 3. The van der Waals surface area contributed by atoms with Crippen molar-refractivity contribution in [2.24, 2.45) is 0 Å². The topological polar surface area (TPSA) is 63.2 Å². The van der Waals surface area contributed by atoms with Gasteiger partial charge < -0.3 is 5.32 Å². The van der Waals surface area contributed by atoms with E-state index in [-0.39, 0.29) is 6.54 Å². The summed E-state index contributed by atoms with van der Waals surface area (Å²) < 4.78 is 24.1. The summed E-state index contributed by atoms with van der Waals surface area (Å²) >= 11 is 0. The van der Waals surface area contributed by atoms with Crippen LogP contribution < -0.4 is 5.32 Å². The molecule has 0 aliphatic carbocycles. The average molecular weight is 297 g/mol. The molecule has 0 heterocycles. The van der Waals surface area contributed by atoms with Crippen molar-refractivity contribution >= 4 is 15.1 Å². The average Bonchev–Trinajstić information content (AvgIpc) is 2.45. The zero-order chi connectivity index (χ0) is 15.0. The third-order valence-electron chi connectivity index (χ3n) is 3.28. The highest BCUT2D eigenvalue weighted by Gasteiger charge is 2.28. The minimum atomic E-state index is -3.74. The lowest BCUT2D eigenvalue weighted by Gasteiger charge is -2.12.